The van der Waals surface area contributed by atoms with E-state index >= 15 is 0 Å². The first-order valence-corrected chi connectivity index (χ1v) is 7.42. The second kappa shape index (κ2) is 4.92. The summed E-state index contributed by atoms with van der Waals surface area (Å²) >= 11 is 0. The molecule has 0 aliphatic heterocycles. The van der Waals surface area contributed by atoms with Crippen LogP contribution in [0.3, 0.4) is 0 Å². The molecule has 0 radical (unpaired) electrons. The molecule has 0 amide bonds. The summed E-state index contributed by atoms with van der Waals surface area (Å²) in [6.07, 6.45) is 0. The molecule has 0 saturated carbocycles. The third-order valence-electron chi connectivity index (χ3n) is 4.06. The van der Waals surface area contributed by atoms with E-state index in [4.69, 9.17) is 4.42 Å². The molecule has 4 aromatic rings. The van der Waals surface area contributed by atoms with Gasteiger partial charge >= 0.3 is 0 Å². The zero-order valence-corrected chi connectivity index (χ0v) is 12.7. The van der Waals surface area contributed by atoms with Crippen molar-refractivity contribution in [2.24, 2.45) is 0 Å². The number of nitrogens with zero attached hydrogens (tertiary/aromatic N) is 1. The molecule has 0 spiro atoms. The SMILES string of the molecule is CN(C)c1cc2oc3ccccc3c2cc1-c1ccccc1. The predicted octanol–water partition coefficient (Wildman–Crippen LogP) is 5.32. The van der Waals surface area contributed by atoms with Crippen LogP contribution < -0.4 is 4.90 Å². The minimum absolute atomic E-state index is 0.935. The maximum atomic E-state index is 6.01. The van der Waals surface area contributed by atoms with Crippen molar-refractivity contribution >= 4 is 27.6 Å². The fourth-order valence-electron chi connectivity index (χ4n) is 2.98. The van der Waals surface area contributed by atoms with Gasteiger partial charge in [0.1, 0.15) is 11.2 Å². The molecule has 0 bridgehead atoms. The van der Waals surface area contributed by atoms with Gasteiger partial charge in [0.25, 0.3) is 0 Å². The number of anilines is 1. The Morgan fingerprint density at radius 2 is 1.45 bits per heavy atom. The largest absolute Gasteiger partial charge is 0.456 e. The average molecular weight is 287 g/mol. The van der Waals surface area contributed by atoms with E-state index in [0.717, 1.165) is 16.9 Å². The lowest BCUT2D eigenvalue weighted by Crippen LogP contribution is -2.09. The topological polar surface area (TPSA) is 16.4 Å². The van der Waals surface area contributed by atoms with Gasteiger partial charge in [-0.1, -0.05) is 48.5 Å². The van der Waals surface area contributed by atoms with Crippen LogP contribution >= 0.6 is 0 Å². The van der Waals surface area contributed by atoms with E-state index in [-0.39, 0.29) is 0 Å². The van der Waals surface area contributed by atoms with Gasteiger partial charge in [-0.05, 0) is 17.7 Å². The van der Waals surface area contributed by atoms with Gasteiger partial charge in [0, 0.05) is 42.2 Å². The second-order valence-electron chi connectivity index (χ2n) is 5.72. The standard InChI is InChI=1S/C20H17NO/c1-21(2)18-13-20-17(15-10-6-7-11-19(15)22-20)12-16(18)14-8-4-3-5-9-14/h3-13H,1-2H3. The second-order valence-corrected chi connectivity index (χ2v) is 5.72. The molecule has 1 heterocycles. The highest BCUT2D eigenvalue weighted by Gasteiger charge is 2.13. The van der Waals surface area contributed by atoms with E-state index in [1.165, 1.54) is 21.9 Å². The molecule has 22 heavy (non-hydrogen) atoms. The normalized spacial score (nSPS) is 11.2. The average Bonchev–Trinajstić information content (AvgIpc) is 2.92. The van der Waals surface area contributed by atoms with Gasteiger partial charge in [0.05, 0.1) is 0 Å². The number of benzene rings is 3. The number of fused-ring (bicyclic) bond motifs is 3. The summed E-state index contributed by atoms with van der Waals surface area (Å²) in [5.74, 6) is 0. The fourth-order valence-corrected chi connectivity index (χ4v) is 2.98. The quantitative estimate of drug-likeness (QED) is 0.496. The Morgan fingerprint density at radius 3 is 2.23 bits per heavy atom. The van der Waals surface area contributed by atoms with Crippen LogP contribution in [0.4, 0.5) is 5.69 Å². The molecule has 1 aromatic heterocycles. The maximum Gasteiger partial charge on any atom is 0.137 e. The van der Waals surface area contributed by atoms with E-state index in [2.05, 4.69) is 67.5 Å². The lowest BCUT2D eigenvalue weighted by Gasteiger charge is -2.17. The Labute approximate surface area is 129 Å². The van der Waals surface area contributed by atoms with Gasteiger partial charge < -0.3 is 9.32 Å². The zero-order valence-electron chi connectivity index (χ0n) is 12.7. The molecule has 3 aromatic carbocycles. The minimum atomic E-state index is 0.935. The zero-order chi connectivity index (χ0) is 15.1. The molecule has 0 aliphatic carbocycles. The van der Waals surface area contributed by atoms with Crippen LogP contribution in [-0.2, 0) is 0 Å². The number of furan rings is 1. The number of hydrogen-bond acceptors (Lipinski definition) is 2. The summed E-state index contributed by atoms with van der Waals surface area (Å²) in [5, 5.41) is 2.33. The van der Waals surface area contributed by atoms with Crippen LogP contribution in [-0.4, -0.2) is 14.1 Å². The molecular formula is C20H17NO. The molecule has 2 heteroatoms. The molecule has 108 valence electrons. The summed E-state index contributed by atoms with van der Waals surface area (Å²) in [6, 6.07) is 23.1. The lowest BCUT2D eigenvalue weighted by atomic mass is 10.00. The van der Waals surface area contributed by atoms with Crippen molar-refractivity contribution in [2.75, 3.05) is 19.0 Å². The molecule has 0 N–H and O–H groups in total. The smallest absolute Gasteiger partial charge is 0.137 e. The Hall–Kier alpha value is -2.74. The van der Waals surface area contributed by atoms with Crippen molar-refractivity contribution in [3.05, 3.63) is 66.7 Å². The highest BCUT2D eigenvalue weighted by Crippen LogP contribution is 2.38. The summed E-state index contributed by atoms with van der Waals surface area (Å²) < 4.78 is 6.01. The highest BCUT2D eigenvalue weighted by molar-refractivity contribution is 6.08. The fraction of sp³-hybridized carbons (Fsp3) is 0.100. The summed E-state index contributed by atoms with van der Waals surface area (Å²) in [6.45, 7) is 0. The van der Waals surface area contributed by atoms with E-state index in [0.29, 0.717) is 0 Å². The van der Waals surface area contributed by atoms with Gasteiger partial charge in [-0.25, -0.2) is 0 Å². The first-order valence-electron chi connectivity index (χ1n) is 7.42. The monoisotopic (exact) mass is 287 g/mol. The van der Waals surface area contributed by atoms with Crippen LogP contribution in [0.2, 0.25) is 0 Å². The summed E-state index contributed by atoms with van der Waals surface area (Å²) in [4.78, 5) is 2.13. The molecule has 0 fully saturated rings. The van der Waals surface area contributed by atoms with Crippen molar-refractivity contribution in [3.63, 3.8) is 0 Å². The molecule has 0 saturated heterocycles. The third-order valence-corrected chi connectivity index (χ3v) is 4.06. The highest BCUT2D eigenvalue weighted by atomic mass is 16.3. The Kier molecular flexibility index (Phi) is 2.90. The van der Waals surface area contributed by atoms with E-state index in [1.54, 1.807) is 0 Å². The number of para-hydroxylation sites is 1. The van der Waals surface area contributed by atoms with Crippen LogP contribution in [0.5, 0.6) is 0 Å². The van der Waals surface area contributed by atoms with E-state index in [9.17, 15) is 0 Å². The predicted molar refractivity (Wildman–Crippen MR) is 93.5 cm³/mol. The first-order chi connectivity index (χ1) is 10.7. The Morgan fingerprint density at radius 1 is 0.727 bits per heavy atom. The van der Waals surface area contributed by atoms with E-state index < -0.39 is 0 Å². The molecule has 4 rings (SSSR count). The summed E-state index contributed by atoms with van der Waals surface area (Å²) in [5.41, 5.74) is 5.48. The van der Waals surface area contributed by atoms with Gasteiger partial charge in [-0.2, -0.15) is 0 Å². The summed E-state index contributed by atoms with van der Waals surface area (Å²) in [7, 11) is 4.13. The van der Waals surface area contributed by atoms with Crippen molar-refractivity contribution in [3.8, 4) is 11.1 Å². The van der Waals surface area contributed by atoms with Crippen LogP contribution in [0.25, 0.3) is 33.1 Å². The number of rotatable bonds is 2. The maximum absolute atomic E-state index is 6.01. The lowest BCUT2D eigenvalue weighted by molar-refractivity contribution is 0.669. The van der Waals surface area contributed by atoms with Crippen LogP contribution in [0.1, 0.15) is 0 Å². The molecule has 2 nitrogen and oxygen atoms in total. The third kappa shape index (κ3) is 1.96. The van der Waals surface area contributed by atoms with E-state index in [1.807, 2.05) is 18.2 Å². The Balaban J connectivity index is 2.09. The van der Waals surface area contributed by atoms with Gasteiger partial charge in [0.15, 0.2) is 0 Å². The molecular weight excluding hydrogens is 270 g/mol. The number of hydrogen-bond donors (Lipinski definition) is 0. The van der Waals surface area contributed by atoms with Gasteiger partial charge in [-0.15, -0.1) is 0 Å². The minimum Gasteiger partial charge on any atom is -0.456 e. The molecule has 0 unspecified atom stereocenters. The first kappa shape index (κ1) is 13.0. The van der Waals surface area contributed by atoms with Crippen molar-refractivity contribution < 1.29 is 4.42 Å². The Bertz CT molecular complexity index is 951. The van der Waals surface area contributed by atoms with Crippen LogP contribution in [0.15, 0.2) is 71.1 Å². The van der Waals surface area contributed by atoms with Crippen molar-refractivity contribution in [1.29, 1.82) is 0 Å². The van der Waals surface area contributed by atoms with Gasteiger partial charge in [0.2, 0.25) is 0 Å². The van der Waals surface area contributed by atoms with Crippen LogP contribution in [0, 0.1) is 0 Å². The molecule has 0 aliphatic rings. The van der Waals surface area contributed by atoms with Gasteiger partial charge in [-0.3, -0.25) is 0 Å². The van der Waals surface area contributed by atoms with Crippen molar-refractivity contribution in [2.45, 2.75) is 0 Å². The molecule has 0 atom stereocenters. The van der Waals surface area contributed by atoms with Crippen molar-refractivity contribution in [1.82, 2.24) is 0 Å².